The standard InChI is InChI=1S/C18H19N3O2S/c1-12-5-4-6-14(11-12)16(22)20-18(24)19-15-9-7-13(8-10-15)17(23)21(2)3/h4-11H,1-3H3,(H2,19,20,22,24). The highest BCUT2D eigenvalue weighted by Gasteiger charge is 2.09. The number of carbonyl (C=O) groups excluding carboxylic acids is 2. The van der Waals surface area contributed by atoms with Crippen molar-refractivity contribution in [3.63, 3.8) is 0 Å². The highest BCUT2D eigenvalue weighted by molar-refractivity contribution is 7.80. The Hall–Kier alpha value is -2.73. The van der Waals surface area contributed by atoms with Gasteiger partial charge in [-0.1, -0.05) is 17.7 Å². The Morgan fingerprint density at radius 1 is 1.00 bits per heavy atom. The number of hydrogen-bond donors (Lipinski definition) is 2. The summed E-state index contributed by atoms with van der Waals surface area (Å²) in [7, 11) is 3.40. The van der Waals surface area contributed by atoms with Gasteiger partial charge >= 0.3 is 0 Å². The van der Waals surface area contributed by atoms with Gasteiger partial charge < -0.3 is 10.2 Å². The number of nitrogens with one attached hydrogen (secondary N) is 2. The molecule has 0 saturated heterocycles. The van der Waals surface area contributed by atoms with Crippen LogP contribution < -0.4 is 10.6 Å². The summed E-state index contributed by atoms with van der Waals surface area (Å²) in [6, 6.07) is 14.1. The fourth-order valence-corrected chi connectivity index (χ4v) is 2.29. The summed E-state index contributed by atoms with van der Waals surface area (Å²) in [6.07, 6.45) is 0. The van der Waals surface area contributed by atoms with Crippen LogP contribution in [0, 0.1) is 6.92 Å². The Labute approximate surface area is 146 Å². The van der Waals surface area contributed by atoms with Crippen molar-refractivity contribution in [3.8, 4) is 0 Å². The highest BCUT2D eigenvalue weighted by atomic mass is 32.1. The summed E-state index contributed by atoms with van der Waals surface area (Å²) in [5.74, 6) is -0.340. The van der Waals surface area contributed by atoms with Crippen molar-refractivity contribution >= 4 is 34.8 Å². The molecule has 6 heteroatoms. The number of anilines is 1. The van der Waals surface area contributed by atoms with Crippen molar-refractivity contribution in [3.05, 3.63) is 65.2 Å². The van der Waals surface area contributed by atoms with E-state index in [9.17, 15) is 9.59 Å². The molecule has 2 amide bonds. The van der Waals surface area contributed by atoms with Crippen LogP contribution in [0.4, 0.5) is 5.69 Å². The second-order valence-corrected chi connectivity index (χ2v) is 5.96. The third-order valence-electron chi connectivity index (χ3n) is 3.30. The van der Waals surface area contributed by atoms with E-state index in [1.807, 2.05) is 19.1 Å². The van der Waals surface area contributed by atoms with Crippen LogP contribution >= 0.6 is 12.2 Å². The maximum atomic E-state index is 12.1. The normalized spacial score (nSPS) is 9.96. The molecule has 0 spiro atoms. The Balaban J connectivity index is 1.97. The fraction of sp³-hybridized carbons (Fsp3) is 0.167. The van der Waals surface area contributed by atoms with Crippen molar-refractivity contribution in [1.82, 2.24) is 10.2 Å². The molecule has 0 unspecified atom stereocenters. The van der Waals surface area contributed by atoms with Gasteiger partial charge in [-0.05, 0) is 55.5 Å². The minimum absolute atomic E-state index is 0.0723. The number of thiocarbonyl (C=S) groups is 1. The number of nitrogens with zero attached hydrogens (tertiary/aromatic N) is 1. The van der Waals surface area contributed by atoms with Gasteiger partial charge in [0.1, 0.15) is 0 Å². The SMILES string of the molecule is Cc1cccc(C(=O)NC(=S)Nc2ccc(C(=O)N(C)C)cc2)c1. The molecule has 0 aliphatic heterocycles. The number of carbonyl (C=O) groups is 2. The molecule has 0 aliphatic carbocycles. The molecule has 0 radical (unpaired) electrons. The van der Waals surface area contributed by atoms with Crippen LogP contribution in [-0.4, -0.2) is 35.9 Å². The van der Waals surface area contributed by atoms with E-state index in [4.69, 9.17) is 12.2 Å². The van der Waals surface area contributed by atoms with Crippen molar-refractivity contribution in [1.29, 1.82) is 0 Å². The summed E-state index contributed by atoms with van der Waals surface area (Å²) in [4.78, 5) is 25.5. The molecule has 2 rings (SSSR count). The molecule has 2 aromatic carbocycles. The quantitative estimate of drug-likeness (QED) is 0.843. The first-order chi connectivity index (χ1) is 11.4. The van der Waals surface area contributed by atoms with Crippen LogP contribution in [-0.2, 0) is 0 Å². The zero-order chi connectivity index (χ0) is 17.7. The van der Waals surface area contributed by atoms with Crippen molar-refractivity contribution in [2.45, 2.75) is 6.92 Å². The maximum absolute atomic E-state index is 12.1. The smallest absolute Gasteiger partial charge is 0.257 e. The van der Waals surface area contributed by atoms with Gasteiger partial charge in [0.15, 0.2) is 5.11 Å². The molecule has 124 valence electrons. The third kappa shape index (κ3) is 4.63. The average molecular weight is 341 g/mol. The molecule has 0 aliphatic rings. The predicted molar refractivity (Wildman–Crippen MR) is 99.3 cm³/mol. The summed E-state index contributed by atoms with van der Waals surface area (Å²) in [6.45, 7) is 1.92. The lowest BCUT2D eigenvalue weighted by atomic mass is 10.1. The molecule has 0 heterocycles. The van der Waals surface area contributed by atoms with Gasteiger partial charge in [-0.3, -0.25) is 14.9 Å². The maximum Gasteiger partial charge on any atom is 0.257 e. The number of aryl methyl sites for hydroxylation is 1. The minimum atomic E-state index is -0.268. The van der Waals surface area contributed by atoms with E-state index in [2.05, 4.69) is 10.6 Å². The Kier molecular flexibility index (Phi) is 5.65. The molecule has 0 bridgehead atoms. The van der Waals surface area contributed by atoms with Gasteiger partial charge in [0.2, 0.25) is 0 Å². The number of hydrogen-bond acceptors (Lipinski definition) is 3. The third-order valence-corrected chi connectivity index (χ3v) is 3.51. The van der Waals surface area contributed by atoms with Gasteiger partial charge in [0.25, 0.3) is 11.8 Å². The summed E-state index contributed by atoms with van der Waals surface area (Å²) in [5, 5.41) is 5.76. The molecular weight excluding hydrogens is 322 g/mol. The predicted octanol–water partition coefficient (Wildman–Crippen LogP) is 2.82. The number of amides is 2. The van der Waals surface area contributed by atoms with E-state index in [0.717, 1.165) is 5.56 Å². The molecule has 24 heavy (non-hydrogen) atoms. The van der Waals surface area contributed by atoms with Crippen molar-refractivity contribution < 1.29 is 9.59 Å². The van der Waals surface area contributed by atoms with E-state index in [1.54, 1.807) is 50.5 Å². The first-order valence-corrected chi connectivity index (χ1v) is 7.78. The second-order valence-electron chi connectivity index (χ2n) is 5.55. The molecule has 2 N–H and O–H groups in total. The lowest BCUT2D eigenvalue weighted by Gasteiger charge is -2.12. The van der Waals surface area contributed by atoms with E-state index in [0.29, 0.717) is 16.8 Å². The zero-order valence-electron chi connectivity index (χ0n) is 13.8. The lowest BCUT2D eigenvalue weighted by molar-refractivity contribution is 0.0827. The fourth-order valence-electron chi connectivity index (χ4n) is 2.08. The first kappa shape index (κ1) is 17.6. The number of rotatable bonds is 3. The van der Waals surface area contributed by atoms with Gasteiger partial charge in [-0.15, -0.1) is 0 Å². The van der Waals surface area contributed by atoms with Crippen LogP contribution in [0.5, 0.6) is 0 Å². The van der Waals surface area contributed by atoms with E-state index in [1.165, 1.54) is 4.90 Å². The second kappa shape index (κ2) is 7.70. The van der Waals surface area contributed by atoms with Crippen molar-refractivity contribution in [2.24, 2.45) is 0 Å². The minimum Gasteiger partial charge on any atom is -0.345 e. The van der Waals surface area contributed by atoms with E-state index < -0.39 is 0 Å². The largest absolute Gasteiger partial charge is 0.345 e. The van der Waals surface area contributed by atoms with E-state index in [-0.39, 0.29) is 16.9 Å². The molecule has 0 aromatic heterocycles. The Morgan fingerprint density at radius 2 is 1.67 bits per heavy atom. The van der Waals surface area contributed by atoms with Gasteiger partial charge in [-0.25, -0.2) is 0 Å². The molecular formula is C18H19N3O2S. The van der Waals surface area contributed by atoms with Gasteiger partial charge in [0, 0.05) is 30.9 Å². The molecule has 0 fully saturated rings. The summed E-state index contributed by atoms with van der Waals surface area (Å²) >= 11 is 5.15. The van der Waals surface area contributed by atoms with Crippen LogP contribution in [0.2, 0.25) is 0 Å². The van der Waals surface area contributed by atoms with Crippen LogP contribution in [0.3, 0.4) is 0 Å². The van der Waals surface area contributed by atoms with Gasteiger partial charge in [0.05, 0.1) is 0 Å². The lowest BCUT2D eigenvalue weighted by Crippen LogP contribution is -2.34. The van der Waals surface area contributed by atoms with E-state index >= 15 is 0 Å². The zero-order valence-corrected chi connectivity index (χ0v) is 14.6. The summed E-state index contributed by atoms with van der Waals surface area (Å²) < 4.78 is 0. The van der Waals surface area contributed by atoms with Crippen LogP contribution in [0.25, 0.3) is 0 Å². The highest BCUT2D eigenvalue weighted by Crippen LogP contribution is 2.11. The first-order valence-electron chi connectivity index (χ1n) is 7.37. The van der Waals surface area contributed by atoms with Gasteiger partial charge in [-0.2, -0.15) is 0 Å². The Bertz CT molecular complexity index is 770. The summed E-state index contributed by atoms with van der Waals surface area (Å²) in [5.41, 5.74) is 2.83. The monoisotopic (exact) mass is 341 g/mol. The molecule has 0 atom stereocenters. The number of benzene rings is 2. The molecule has 2 aromatic rings. The molecule has 0 saturated carbocycles. The molecule has 5 nitrogen and oxygen atoms in total. The van der Waals surface area contributed by atoms with Crippen molar-refractivity contribution in [2.75, 3.05) is 19.4 Å². The average Bonchev–Trinajstić information content (AvgIpc) is 2.54. The topological polar surface area (TPSA) is 61.4 Å². The van der Waals surface area contributed by atoms with Crippen LogP contribution in [0.15, 0.2) is 48.5 Å². The Morgan fingerprint density at radius 3 is 2.25 bits per heavy atom. The van der Waals surface area contributed by atoms with Crippen LogP contribution in [0.1, 0.15) is 26.3 Å².